The molecule has 0 heterocycles. The van der Waals surface area contributed by atoms with Crippen LogP contribution in [0.2, 0.25) is 5.02 Å². The van der Waals surface area contributed by atoms with E-state index in [9.17, 15) is 9.90 Å². The Bertz CT molecular complexity index is 724. The highest BCUT2D eigenvalue weighted by Gasteiger charge is 2.38. The maximum atomic E-state index is 12.7. The highest BCUT2D eigenvalue weighted by atomic mass is 35.5. The largest absolute Gasteiger partial charge is 0.378 e. The second-order valence-electron chi connectivity index (χ2n) is 6.55. The first-order valence-electron chi connectivity index (χ1n) is 8.33. The molecule has 1 aliphatic carbocycles. The first-order valence-corrected chi connectivity index (χ1v) is 8.71. The molecule has 126 valence electrons. The normalized spacial score (nSPS) is 17.5. The van der Waals surface area contributed by atoms with Crippen LogP contribution in [0.4, 0.5) is 0 Å². The quantitative estimate of drug-likeness (QED) is 0.871. The third-order valence-electron chi connectivity index (χ3n) is 4.92. The molecule has 1 saturated carbocycles. The van der Waals surface area contributed by atoms with Crippen molar-refractivity contribution in [2.45, 2.75) is 44.2 Å². The van der Waals surface area contributed by atoms with Gasteiger partial charge in [-0.15, -0.1) is 0 Å². The fourth-order valence-electron chi connectivity index (χ4n) is 3.61. The third kappa shape index (κ3) is 3.33. The van der Waals surface area contributed by atoms with Gasteiger partial charge in [-0.25, -0.2) is 0 Å². The topological polar surface area (TPSA) is 49.3 Å². The molecule has 1 fully saturated rings. The average molecular weight is 344 g/mol. The van der Waals surface area contributed by atoms with Crippen LogP contribution in [0.1, 0.15) is 48.5 Å². The van der Waals surface area contributed by atoms with Crippen molar-refractivity contribution < 1.29 is 9.90 Å². The number of aryl methyl sites for hydroxylation is 1. The minimum Gasteiger partial charge on any atom is -0.378 e. The van der Waals surface area contributed by atoms with Gasteiger partial charge in [0.15, 0.2) is 6.10 Å². The lowest BCUT2D eigenvalue weighted by Gasteiger charge is -2.32. The molecule has 0 aliphatic heterocycles. The van der Waals surface area contributed by atoms with E-state index in [1.165, 1.54) is 0 Å². The Labute approximate surface area is 147 Å². The fraction of sp³-hybridized carbons (Fsp3) is 0.350. The van der Waals surface area contributed by atoms with Gasteiger partial charge in [-0.2, -0.15) is 0 Å². The fourth-order valence-corrected chi connectivity index (χ4v) is 3.84. The second-order valence-corrected chi connectivity index (χ2v) is 6.98. The summed E-state index contributed by atoms with van der Waals surface area (Å²) in [6, 6.07) is 15.2. The molecular formula is C20H22ClNO2. The number of nitrogens with one attached hydrogen (secondary N) is 1. The van der Waals surface area contributed by atoms with Gasteiger partial charge >= 0.3 is 0 Å². The van der Waals surface area contributed by atoms with Crippen molar-refractivity contribution in [2.24, 2.45) is 0 Å². The first kappa shape index (κ1) is 17.0. The molecule has 4 heteroatoms. The molecule has 1 atom stereocenters. The van der Waals surface area contributed by atoms with E-state index in [1.807, 2.05) is 37.3 Å². The molecule has 3 nitrogen and oxygen atoms in total. The number of aliphatic hydroxyl groups excluding tert-OH is 1. The number of carbonyl (C=O) groups excluding carboxylic acids is 1. The number of halogens is 1. The van der Waals surface area contributed by atoms with E-state index in [4.69, 9.17) is 11.6 Å². The Balaban J connectivity index is 1.84. The maximum absolute atomic E-state index is 12.7. The summed E-state index contributed by atoms with van der Waals surface area (Å²) in [4.78, 5) is 12.7. The summed E-state index contributed by atoms with van der Waals surface area (Å²) in [5, 5.41) is 14.3. The molecule has 2 N–H and O–H groups in total. The molecule has 0 bridgehead atoms. The Morgan fingerprint density at radius 3 is 2.46 bits per heavy atom. The number of rotatable bonds is 4. The predicted octanol–water partition coefficient (Wildman–Crippen LogP) is 4.27. The number of aliphatic hydroxyl groups is 1. The second kappa shape index (κ2) is 6.96. The smallest absolute Gasteiger partial charge is 0.254 e. The zero-order valence-corrected chi connectivity index (χ0v) is 14.5. The summed E-state index contributed by atoms with van der Waals surface area (Å²) in [6.45, 7) is 1.85. The van der Waals surface area contributed by atoms with Crippen molar-refractivity contribution in [2.75, 3.05) is 0 Å². The molecule has 0 saturated heterocycles. The molecule has 1 amide bonds. The minimum absolute atomic E-state index is 0.355. The molecule has 2 aromatic carbocycles. The van der Waals surface area contributed by atoms with Crippen LogP contribution < -0.4 is 5.32 Å². The van der Waals surface area contributed by atoms with Gasteiger partial charge < -0.3 is 10.4 Å². The van der Waals surface area contributed by atoms with Crippen LogP contribution >= 0.6 is 11.6 Å². The number of carbonyl (C=O) groups is 1. The predicted molar refractivity (Wildman–Crippen MR) is 95.9 cm³/mol. The highest BCUT2D eigenvalue weighted by Crippen LogP contribution is 2.39. The van der Waals surface area contributed by atoms with Gasteiger partial charge in [0.1, 0.15) is 0 Å². The van der Waals surface area contributed by atoms with Gasteiger partial charge in [0, 0.05) is 5.02 Å². The molecule has 2 aromatic rings. The number of benzene rings is 2. The van der Waals surface area contributed by atoms with Crippen molar-refractivity contribution in [3.05, 3.63) is 70.2 Å². The summed E-state index contributed by atoms with van der Waals surface area (Å²) < 4.78 is 0. The summed E-state index contributed by atoms with van der Waals surface area (Å²) in [5.41, 5.74) is 2.14. The van der Waals surface area contributed by atoms with E-state index in [1.54, 1.807) is 18.2 Å². The van der Waals surface area contributed by atoms with Gasteiger partial charge in [0.25, 0.3) is 5.91 Å². The monoisotopic (exact) mass is 343 g/mol. The van der Waals surface area contributed by atoms with E-state index in [0.717, 1.165) is 36.8 Å². The lowest BCUT2D eigenvalue weighted by Crippen LogP contribution is -2.46. The van der Waals surface area contributed by atoms with Gasteiger partial charge in [0.2, 0.25) is 0 Å². The average Bonchev–Trinajstić information content (AvgIpc) is 3.05. The SMILES string of the molecule is Cc1cc(Cl)ccc1C(O)C(=O)NC1(c2ccccc2)CCCC1. The summed E-state index contributed by atoms with van der Waals surface area (Å²) >= 11 is 5.96. The first-order chi connectivity index (χ1) is 11.5. The van der Waals surface area contributed by atoms with Crippen molar-refractivity contribution in [1.82, 2.24) is 5.32 Å². The summed E-state index contributed by atoms with van der Waals surface area (Å²) in [7, 11) is 0. The zero-order valence-electron chi connectivity index (χ0n) is 13.8. The number of hydrogen-bond acceptors (Lipinski definition) is 2. The molecule has 0 aromatic heterocycles. The van der Waals surface area contributed by atoms with Crippen LogP contribution in [0, 0.1) is 6.92 Å². The van der Waals surface area contributed by atoms with Crippen molar-refractivity contribution in [1.29, 1.82) is 0 Å². The van der Waals surface area contributed by atoms with E-state index in [2.05, 4.69) is 5.32 Å². The Hall–Kier alpha value is -1.84. The highest BCUT2D eigenvalue weighted by molar-refractivity contribution is 6.30. The Morgan fingerprint density at radius 1 is 1.17 bits per heavy atom. The van der Waals surface area contributed by atoms with Crippen LogP contribution in [0.3, 0.4) is 0 Å². The van der Waals surface area contributed by atoms with E-state index in [-0.39, 0.29) is 11.4 Å². The van der Waals surface area contributed by atoms with Gasteiger partial charge in [-0.3, -0.25) is 4.79 Å². The van der Waals surface area contributed by atoms with Gasteiger partial charge in [-0.1, -0.05) is 60.8 Å². The molecule has 24 heavy (non-hydrogen) atoms. The summed E-state index contributed by atoms with van der Waals surface area (Å²) in [5.74, 6) is -0.355. The number of amides is 1. The van der Waals surface area contributed by atoms with Crippen LogP contribution in [0.25, 0.3) is 0 Å². The Kier molecular flexibility index (Phi) is 4.93. The molecule has 0 spiro atoms. The van der Waals surface area contributed by atoms with Gasteiger partial charge in [0.05, 0.1) is 5.54 Å². The summed E-state index contributed by atoms with van der Waals surface area (Å²) in [6.07, 6.45) is 2.75. The van der Waals surface area contributed by atoms with Crippen LogP contribution in [0.15, 0.2) is 48.5 Å². The van der Waals surface area contributed by atoms with Crippen molar-refractivity contribution in [3.63, 3.8) is 0 Å². The van der Waals surface area contributed by atoms with Gasteiger partial charge in [-0.05, 0) is 48.6 Å². The molecule has 0 radical (unpaired) electrons. The third-order valence-corrected chi connectivity index (χ3v) is 5.16. The van der Waals surface area contributed by atoms with Crippen LogP contribution in [-0.4, -0.2) is 11.0 Å². The zero-order chi connectivity index (χ0) is 17.2. The minimum atomic E-state index is -1.19. The van der Waals surface area contributed by atoms with E-state index >= 15 is 0 Å². The molecule has 1 unspecified atom stereocenters. The van der Waals surface area contributed by atoms with Crippen molar-refractivity contribution >= 4 is 17.5 Å². The van der Waals surface area contributed by atoms with E-state index < -0.39 is 6.10 Å². The van der Waals surface area contributed by atoms with Crippen LogP contribution in [-0.2, 0) is 10.3 Å². The number of hydrogen-bond donors (Lipinski definition) is 2. The molecule has 1 aliphatic rings. The lowest BCUT2D eigenvalue weighted by molar-refractivity contribution is -0.131. The standard InChI is InChI=1S/C20H22ClNO2/c1-14-13-16(21)9-10-17(14)18(23)19(24)22-20(11-5-6-12-20)15-7-3-2-4-8-15/h2-4,7-10,13,18,23H,5-6,11-12H2,1H3,(H,22,24). The molecular weight excluding hydrogens is 322 g/mol. The van der Waals surface area contributed by atoms with Crippen LogP contribution in [0.5, 0.6) is 0 Å². The van der Waals surface area contributed by atoms with Crippen molar-refractivity contribution in [3.8, 4) is 0 Å². The maximum Gasteiger partial charge on any atom is 0.254 e. The lowest BCUT2D eigenvalue weighted by atomic mass is 9.87. The molecule has 3 rings (SSSR count). The van der Waals surface area contributed by atoms with E-state index in [0.29, 0.717) is 10.6 Å². The Morgan fingerprint density at radius 2 is 1.83 bits per heavy atom.